The summed E-state index contributed by atoms with van der Waals surface area (Å²) in [6.45, 7) is 7.94. The van der Waals surface area contributed by atoms with Gasteiger partial charge in [0, 0.05) is 11.6 Å². The van der Waals surface area contributed by atoms with E-state index < -0.39 is 5.97 Å². The average molecular weight is 232 g/mol. The van der Waals surface area contributed by atoms with Crippen LogP contribution in [-0.2, 0) is 10.2 Å². The van der Waals surface area contributed by atoms with E-state index in [2.05, 4.69) is 4.98 Å². The van der Waals surface area contributed by atoms with Crippen molar-refractivity contribution in [3.05, 3.63) is 29.1 Å². The predicted octanol–water partition coefficient (Wildman–Crippen LogP) is 2.43. The van der Waals surface area contributed by atoms with E-state index in [0.717, 1.165) is 0 Å². The van der Waals surface area contributed by atoms with Crippen molar-refractivity contribution < 1.29 is 9.53 Å². The fourth-order valence-electron chi connectivity index (χ4n) is 1.49. The van der Waals surface area contributed by atoms with E-state index in [-0.39, 0.29) is 5.41 Å². The third kappa shape index (κ3) is 3.04. The van der Waals surface area contributed by atoms with Crippen LogP contribution in [0, 0.1) is 11.3 Å². The number of hydrogen-bond acceptors (Lipinski definition) is 4. The lowest BCUT2D eigenvalue weighted by Gasteiger charge is -2.20. The summed E-state index contributed by atoms with van der Waals surface area (Å²) in [4.78, 5) is 16.0. The number of nitriles is 1. The number of rotatable bonds is 2. The topological polar surface area (TPSA) is 63.0 Å². The summed E-state index contributed by atoms with van der Waals surface area (Å²) < 4.78 is 4.97. The van der Waals surface area contributed by atoms with Crippen LogP contribution < -0.4 is 0 Å². The molecule has 0 aliphatic heterocycles. The molecule has 4 heteroatoms. The molecule has 1 heterocycles. The molecule has 0 saturated heterocycles. The maximum Gasteiger partial charge on any atom is 0.340 e. The van der Waals surface area contributed by atoms with Crippen LogP contribution in [0.2, 0.25) is 0 Å². The maximum atomic E-state index is 11.8. The molecular weight excluding hydrogens is 216 g/mol. The van der Waals surface area contributed by atoms with Gasteiger partial charge in [-0.15, -0.1) is 0 Å². The molecule has 1 rings (SSSR count). The number of aromatic nitrogens is 1. The molecule has 0 saturated carbocycles. The Hall–Kier alpha value is -1.89. The van der Waals surface area contributed by atoms with Gasteiger partial charge in [-0.05, 0) is 13.0 Å². The van der Waals surface area contributed by atoms with E-state index in [0.29, 0.717) is 23.4 Å². The summed E-state index contributed by atoms with van der Waals surface area (Å²) in [6.07, 6.45) is 1.48. The monoisotopic (exact) mass is 232 g/mol. The first-order chi connectivity index (χ1) is 7.90. The van der Waals surface area contributed by atoms with Gasteiger partial charge in [-0.2, -0.15) is 5.26 Å². The molecule has 1 aromatic rings. The Morgan fingerprint density at radius 3 is 2.65 bits per heavy atom. The van der Waals surface area contributed by atoms with Crippen molar-refractivity contribution in [2.24, 2.45) is 0 Å². The highest BCUT2D eigenvalue weighted by molar-refractivity contribution is 5.91. The van der Waals surface area contributed by atoms with E-state index in [1.807, 2.05) is 26.8 Å². The van der Waals surface area contributed by atoms with Gasteiger partial charge in [0.15, 0.2) is 0 Å². The minimum Gasteiger partial charge on any atom is -0.462 e. The Kier molecular flexibility index (Phi) is 3.84. The summed E-state index contributed by atoms with van der Waals surface area (Å²) >= 11 is 0. The molecule has 0 N–H and O–H groups in total. The third-order valence-corrected chi connectivity index (χ3v) is 2.22. The van der Waals surface area contributed by atoms with Crippen molar-refractivity contribution in [1.82, 2.24) is 4.98 Å². The molecule has 0 aromatic carbocycles. The van der Waals surface area contributed by atoms with Crippen LogP contribution in [0.4, 0.5) is 0 Å². The van der Waals surface area contributed by atoms with E-state index in [1.54, 1.807) is 6.92 Å². The molecule has 0 amide bonds. The van der Waals surface area contributed by atoms with Gasteiger partial charge < -0.3 is 4.74 Å². The number of carbonyl (C=O) groups is 1. The number of hydrogen-bond donors (Lipinski definition) is 0. The number of nitrogens with zero attached hydrogens (tertiary/aromatic N) is 2. The number of carbonyl (C=O) groups excluding carboxylic acids is 1. The highest BCUT2D eigenvalue weighted by atomic mass is 16.5. The van der Waals surface area contributed by atoms with Crippen molar-refractivity contribution >= 4 is 5.97 Å². The molecule has 1 aromatic heterocycles. The zero-order valence-electron chi connectivity index (χ0n) is 10.6. The van der Waals surface area contributed by atoms with Gasteiger partial charge in [0.1, 0.15) is 6.07 Å². The van der Waals surface area contributed by atoms with Gasteiger partial charge in [0.25, 0.3) is 0 Å². The predicted molar refractivity (Wildman–Crippen MR) is 63.6 cm³/mol. The van der Waals surface area contributed by atoms with Crippen LogP contribution in [0.3, 0.4) is 0 Å². The summed E-state index contributed by atoms with van der Waals surface area (Å²) in [5.41, 5.74) is 1.12. The smallest absolute Gasteiger partial charge is 0.340 e. The molecule has 4 nitrogen and oxygen atoms in total. The molecule has 0 aliphatic carbocycles. The normalized spacial score (nSPS) is 10.8. The molecule has 17 heavy (non-hydrogen) atoms. The lowest BCUT2D eigenvalue weighted by molar-refractivity contribution is 0.0522. The molecule has 0 atom stereocenters. The Balaban J connectivity index is 3.32. The second-order valence-corrected chi connectivity index (χ2v) is 4.70. The quantitative estimate of drug-likeness (QED) is 0.734. The van der Waals surface area contributed by atoms with Crippen LogP contribution in [0.25, 0.3) is 0 Å². The fraction of sp³-hybridized carbons (Fsp3) is 0.462. The van der Waals surface area contributed by atoms with Gasteiger partial charge in [-0.25, -0.2) is 4.79 Å². The average Bonchev–Trinajstić information content (AvgIpc) is 2.27. The van der Waals surface area contributed by atoms with E-state index >= 15 is 0 Å². The van der Waals surface area contributed by atoms with Gasteiger partial charge in [0.2, 0.25) is 0 Å². The fourth-order valence-corrected chi connectivity index (χ4v) is 1.49. The molecule has 0 aliphatic rings. The number of pyridine rings is 1. The Morgan fingerprint density at radius 2 is 2.18 bits per heavy atom. The highest BCUT2D eigenvalue weighted by Gasteiger charge is 2.24. The van der Waals surface area contributed by atoms with Gasteiger partial charge in [-0.3, -0.25) is 4.98 Å². The van der Waals surface area contributed by atoms with E-state index in [9.17, 15) is 4.79 Å². The second-order valence-electron chi connectivity index (χ2n) is 4.70. The van der Waals surface area contributed by atoms with Gasteiger partial charge in [-0.1, -0.05) is 20.8 Å². The Morgan fingerprint density at radius 1 is 1.53 bits per heavy atom. The summed E-state index contributed by atoms with van der Waals surface area (Å²) in [7, 11) is 0. The summed E-state index contributed by atoms with van der Waals surface area (Å²) in [5, 5.41) is 8.83. The lowest BCUT2D eigenvalue weighted by atomic mass is 9.88. The molecule has 90 valence electrons. The van der Waals surface area contributed by atoms with Gasteiger partial charge >= 0.3 is 5.97 Å². The van der Waals surface area contributed by atoms with Crippen molar-refractivity contribution in [3.63, 3.8) is 0 Å². The van der Waals surface area contributed by atoms with E-state index in [4.69, 9.17) is 10.00 Å². The maximum absolute atomic E-state index is 11.8. The molecule has 0 radical (unpaired) electrons. The van der Waals surface area contributed by atoms with Crippen LogP contribution >= 0.6 is 0 Å². The highest BCUT2D eigenvalue weighted by Crippen LogP contribution is 2.24. The standard InChI is InChI=1S/C13H16N2O2/c1-5-17-12(16)10-6-9(7-14)8-15-11(10)13(2,3)4/h6,8H,5H2,1-4H3. The van der Waals surface area contributed by atoms with Gasteiger partial charge in [0.05, 0.1) is 23.4 Å². The second kappa shape index (κ2) is 4.96. The molecule has 0 bridgehead atoms. The van der Waals surface area contributed by atoms with Crippen molar-refractivity contribution in [3.8, 4) is 6.07 Å². The molecule has 0 fully saturated rings. The SMILES string of the molecule is CCOC(=O)c1cc(C#N)cnc1C(C)(C)C. The minimum atomic E-state index is -0.429. The Labute approximate surface area is 101 Å². The first kappa shape index (κ1) is 13.2. The summed E-state index contributed by atoms with van der Waals surface area (Å²) in [6, 6.07) is 3.51. The minimum absolute atomic E-state index is 0.268. The zero-order valence-corrected chi connectivity index (χ0v) is 10.6. The number of esters is 1. The van der Waals surface area contributed by atoms with Crippen LogP contribution in [0.1, 0.15) is 49.3 Å². The molecule has 0 unspecified atom stereocenters. The first-order valence-electron chi connectivity index (χ1n) is 5.48. The van der Waals surface area contributed by atoms with E-state index in [1.165, 1.54) is 12.3 Å². The molecular formula is C13H16N2O2. The zero-order chi connectivity index (χ0) is 13.1. The van der Waals surface area contributed by atoms with Crippen molar-refractivity contribution in [1.29, 1.82) is 5.26 Å². The first-order valence-corrected chi connectivity index (χ1v) is 5.48. The van der Waals surface area contributed by atoms with Crippen molar-refractivity contribution in [2.75, 3.05) is 6.61 Å². The third-order valence-electron chi connectivity index (χ3n) is 2.22. The lowest BCUT2D eigenvalue weighted by Crippen LogP contribution is -2.20. The summed E-state index contributed by atoms with van der Waals surface area (Å²) in [5.74, 6) is -0.429. The van der Waals surface area contributed by atoms with Crippen molar-refractivity contribution in [2.45, 2.75) is 33.1 Å². The van der Waals surface area contributed by atoms with Crippen LogP contribution in [-0.4, -0.2) is 17.6 Å². The molecule has 0 spiro atoms. The largest absolute Gasteiger partial charge is 0.462 e. The van der Waals surface area contributed by atoms with Crippen LogP contribution in [0.5, 0.6) is 0 Å². The van der Waals surface area contributed by atoms with Crippen LogP contribution in [0.15, 0.2) is 12.3 Å². The number of ether oxygens (including phenoxy) is 1. The Bertz CT molecular complexity index is 467.